The first-order valence-corrected chi connectivity index (χ1v) is 8.08. The quantitative estimate of drug-likeness (QED) is 0.588. The maximum atomic E-state index is 8.60. The van der Waals surface area contributed by atoms with E-state index in [1.165, 1.54) is 14.2 Å². The fourth-order valence-electron chi connectivity index (χ4n) is 1.88. The molecule has 0 saturated heterocycles. The zero-order valence-electron chi connectivity index (χ0n) is 14.1. The van der Waals surface area contributed by atoms with E-state index in [9.17, 15) is 0 Å². The highest BCUT2D eigenvalue weighted by atomic mass is 35.7. The Morgan fingerprint density at radius 1 is 1.00 bits per heavy atom. The smallest absolute Gasteiger partial charge is 0.322 e. The molecule has 25 heavy (non-hydrogen) atoms. The van der Waals surface area contributed by atoms with Gasteiger partial charge >= 0.3 is 12.0 Å². The van der Waals surface area contributed by atoms with Gasteiger partial charge in [-0.25, -0.2) is 0 Å². The molecule has 1 aromatic carbocycles. The van der Waals surface area contributed by atoms with E-state index < -0.39 is 15.8 Å². The van der Waals surface area contributed by atoms with Gasteiger partial charge in [-0.3, -0.25) is 0 Å². The zero-order valence-corrected chi connectivity index (χ0v) is 14.9. The van der Waals surface area contributed by atoms with Crippen LogP contribution in [-0.4, -0.2) is 33.8 Å². The van der Waals surface area contributed by atoms with Crippen LogP contribution in [0.1, 0.15) is 19.4 Å². The van der Waals surface area contributed by atoms with E-state index in [0.29, 0.717) is 5.82 Å². The number of rotatable bonds is 4. The topological polar surface area (TPSA) is 173 Å². The van der Waals surface area contributed by atoms with Gasteiger partial charge in [0.1, 0.15) is 0 Å². The van der Waals surface area contributed by atoms with E-state index in [4.69, 9.17) is 33.8 Å². The molecule has 0 aliphatic heterocycles. The van der Waals surface area contributed by atoms with Gasteiger partial charge in [-0.1, -0.05) is 24.3 Å². The molecule has 2 rings (SSSR count). The molecular formula is C14H19ClN4O6. The van der Waals surface area contributed by atoms with Gasteiger partial charge in [0.25, 0.3) is 0 Å². The molecule has 0 fully saturated rings. The van der Waals surface area contributed by atoms with Crippen LogP contribution in [0.4, 0.5) is 0 Å². The molecule has 3 N–H and O–H groups in total. The standard InChI is InChI=1S/C14H18N4O2.ClHO4/c1-14(2,15)10-8-6-5-7-9(10)11-16-12(19-3)18-13(17-11)20-4;2-1(3,4)5/h5-8H,15H2,1-4H3;(H,2,3,4,5). The number of methoxy groups -OCH3 is 2. The minimum Gasteiger partial charge on any atom is -0.467 e. The van der Waals surface area contributed by atoms with Crippen molar-refractivity contribution in [3.05, 3.63) is 29.8 Å². The lowest BCUT2D eigenvalue weighted by Crippen LogP contribution is -2.58. The van der Waals surface area contributed by atoms with Gasteiger partial charge < -0.3 is 15.2 Å². The van der Waals surface area contributed by atoms with Gasteiger partial charge in [0.05, 0.1) is 29.1 Å². The van der Waals surface area contributed by atoms with Crippen molar-refractivity contribution in [1.29, 1.82) is 0 Å². The summed E-state index contributed by atoms with van der Waals surface area (Å²) in [4.78, 5) is 12.5. The van der Waals surface area contributed by atoms with Gasteiger partial charge in [0.2, 0.25) is 0 Å². The monoisotopic (exact) mass is 374 g/mol. The molecule has 0 spiro atoms. The molecule has 0 aliphatic carbocycles. The number of benzene rings is 1. The van der Waals surface area contributed by atoms with Crippen molar-refractivity contribution in [1.82, 2.24) is 15.0 Å². The normalized spacial score (nSPS) is 11.4. The summed E-state index contributed by atoms with van der Waals surface area (Å²) < 4.78 is 42.9. The molecule has 0 atom stereocenters. The van der Waals surface area contributed by atoms with Crippen molar-refractivity contribution >= 4 is 0 Å². The van der Waals surface area contributed by atoms with E-state index in [1.807, 2.05) is 38.1 Å². The van der Waals surface area contributed by atoms with Gasteiger partial charge in [-0.15, -0.1) is 4.98 Å². The molecule has 10 nitrogen and oxygen atoms in total. The van der Waals surface area contributed by atoms with Crippen molar-refractivity contribution in [3.63, 3.8) is 0 Å². The van der Waals surface area contributed by atoms with Crippen LogP contribution < -0.4 is 29.2 Å². The van der Waals surface area contributed by atoms with Gasteiger partial charge in [0.15, 0.2) is 5.82 Å². The lowest BCUT2D eigenvalue weighted by Gasteiger charge is -2.22. The van der Waals surface area contributed by atoms with E-state index in [1.54, 1.807) is 0 Å². The van der Waals surface area contributed by atoms with Crippen molar-refractivity contribution in [2.45, 2.75) is 19.4 Å². The molecule has 0 radical (unpaired) electrons. The molecule has 1 aromatic heterocycles. The Labute approximate surface area is 146 Å². The predicted octanol–water partition coefficient (Wildman–Crippen LogP) is -2.37. The summed E-state index contributed by atoms with van der Waals surface area (Å²) >= 11 is 0. The Bertz CT molecular complexity index is 674. The van der Waals surface area contributed by atoms with E-state index in [-0.39, 0.29) is 12.0 Å². The number of hydrogen-bond donors (Lipinski definition) is 2. The molecule has 0 saturated carbocycles. The van der Waals surface area contributed by atoms with Gasteiger partial charge in [-0.2, -0.15) is 23.9 Å². The van der Waals surface area contributed by atoms with Crippen LogP contribution in [0, 0.1) is 10.2 Å². The Balaban J connectivity index is 0.000000550. The van der Waals surface area contributed by atoms with Crippen LogP contribution in [0.15, 0.2) is 24.3 Å². The third-order valence-corrected chi connectivity index (χ3v) is 2.82. The van der Waals surface area contributed by atoms with Crippen LogP contribution in [0.3, 0.4) is 0 Å². The highest BCUT2D eigenvalue weighted by molar-refractivity contribution is 5.62. The second-order valence-corrected chi connectivity index (χ2v) is 6.09. The minimum absolute atomic E-state index is 0.205. The molecule has 0 aliphatic rings. The number of halogens is 1. The first kappa shape index (κ1) is 21.0. The van der Waals surface area contributed by atoms with Crippen molar-refractivity contribution < 1.29 is 38.4 Å². The summed E-state index contributed by atoms with van der Waals surface area (Å²) in [7, 11) is -1.70. The van der Waals surface area contributed by atoms with E-state index in [2.05, 4.69) is 15.0 Å². The first-order chi connectivity index (χ1) is 11.5. The largest absolute Gasteiger partial charge is 0.467 e. The van der Waals surface area contributed by atoms with Gasteiger partial charge in [-0.05, 0) is 19.4 Å². The third kappa shape index (κ3) is 7.13. The summed E-state index contributed by atoms with van der Waals surface area (Å²) in [6.07, 6.45) is 0. The molecule has 0 amide bonds. The Morgan fingerprint density at radius 2 is 1.44 bits per heavy atom. The lowest BCUT2D eigenvalue weighted by molar-refractivity contribution is -1.92. The molecule has 0 bridgehead atoms. The summed E-state index contributed by atoms with van der Waals surface area (Å²) in [5.74, 6) is 0.475. The number of nitrogens with zero attached hydrogens (tertiary/aromatic N) is 3. The number of ether oxygens (including phenoxy) is 2. The first-order valence-electron chi connectivity index (χ1n) is 6.81. The maximum absolute atomic E-state index is 8.60. The SMILES string of the molecule is COc1nc(OC)nc(-c2ccccc2C(C)(C)N)n1.[O-][Cl+3]([O-])([O-])O. The van der Waals surface area contributed by atoms with Gasteiger partial charge in [0, 0.05) is 11.1 Å². The van der Waals surface area contributed by atoms with Crippen LogP contribution in [0.25, 0.3) is 11.4 Å². The van der Waals surface area contributed by atoms with Crippen LogP contribution in [0.2, 0.25) is 0 Å². The predicted molar refractivity (Wildman–Crippen MR) is 77.8 cm³/mol. The highest BCUT2D eigenvalue weighted by Gasteiger charge is 2.21. The molecular weight excluding hydrogens is 356 g/mol. The Kier molecular flexibility index (Phi) is 6.99. The summed E-state index contributed by atoms with van der Waals surface area (Å²) in [5, 5.41) is 0. The maximum Gasteiger partial charge on any atom is 0.322 e. The lowest BCUT2D eigenvalue weighted by atomic mass is 9.90. The summed E-state index contributed by atoms with van der Waals surface area (Å²) in [6.45, 7) is 3.86. The van der Waals surface area contributed by atoms with Crippen molar-refractivity contribution in [3.8, 4) is 23.4 Å². The average molecular weight is 375 g/mol. The van der Waals surface area contributed by atoms with E-state index >= 15 is 0 Å². The average Bonchev–Trinajstić information content (AvgIpc) is 2.52. The number of aromatic nitrogens is 3. The van der Waals surface area contributed by atoms with Crippen LogP contribution in [0.5, 0.6) is 12.0 Å². The molecule has 138 valence electrons. The molecule has 2 aromatic rings. The summed E-state index contributed by atoms with van der Waals surface area (Å²) in [5.41, 5.74) is 7.46. The number of nitrogens with two attached hydrogens (primary N) is 1. The second kappa shape index (κ2) is 8.34. The third-order valence-electron chi connectivity index (χ3n) is 2.82. The fraction of sp³-hybridized carbons (Fsp3) is 0.357. The van der Waals surface area contributed by atoms with Crippen molar-refractivity contribution in [2.24, 2.45) is 5.73 Å². The van der Waals surface area contributed by atoms with Crippen molar-refractivity contribution in [2.75, 3.05) is 14.2 Å². The minimum atomic E-state index is -4.69. The number of hydrogen-bond acceptors (Lipinski definition) is 10. The van der Waals surface area contributed by atoms with Crippen LogP contribution in [-0.2, 0) is 5.54 Å². The Hall–Kier alpha value is -2.08. The molecule has 1 heterocycles. The highest BCUT2D eigenvalue weighted by Crippen LogP contribution is 2.29. The summed E-state index contributed by atoms with van der Waals surface area (Å²) in [6, 6.07) is 8.13. The van der Waals surface area contributed by atoms with E-state index in [0.717, 1.165) is 11.1 Å². The van der Waals surface area contributed by atoms with Crippen LogP contribution >= 0.6 is 0 Å². The second-order valence-electron chi connectivity index (χ2n) is 5.30. The molecule has 11 heteroatoms. The fourth-order valence-corrected chi connectivity index (χ4v) is 1.88. The molecule has 0 unspecified atom stereocenters. The Morgan fingerprint density at radius 3 is 1.84 bits per heavy atom. The zero-order chi connectivity index (χ0) is 19.3.